The van der Waals surface area contributed by atoms with Gasteiger partial charge >= 0.3 is 0 Å². The second-order valence-corrected chi connectivity index (χ2v) is 5.08. The summed E-state index contributed by atoms with van der Waals surface area (Å²) < 4.78 is 19.4. The van der Waals surface area contributed by atoms with Gasteiger partial charge in [0.05, 0.1) is 17.9 Å². The summed E-state index contributed by atoms with van der Waals surface area (Å²) in [6, 6.07) is 4.68. The van der Waals surface area contributed by atoms with Crippen molar-refractivity contribution in [3.63, 3.8) is 0 Å². The Labute approximate surface area is 117 Å². The minimum Gasteiger partial charge on any atom is -0.409 e. The van der Waals surface area contributed by atoms with E-state index < -0.39 is 5.82 Å². The lowest BCUT2D eigenvalue weighted by Crippen LogP contribution is -2.32. The molecule has 20 heavy (non-hydrogen) atoms. The van der Waals surface area contributed by atoms with Crippen LogP contribution < -0.4 is 10.6 Å². The maximum absolute atomic E-state index is 13.9. The van der Waals surface area contributed by atoms with Crippen LogP contribution in [0.4, 0.5) is 10.1 Å². The Bertz CT molecular complexity index is 487. The van der Waals surface area contributed by atoms with Gasteiger partial charge in [0.1, 0.15) is 5.82 Å². The summed E-state index contributed by atoms with van der Waals surface area (Å²) in [4.78, 5) is 1.93. The van der Waals surface area contributed by atoms with E-state index in [0.717, 1.165) is 32.6 Å². The van der Waals surface area contributed by atoms with Gasteiger partial charge in [-0.1, -0.05) is 11.2 Å². The molecular formula is C14H20FN3O2. The molecule has 6 heteroatoms. The second kappa shape index (κ2) is 6.56. The van der Waals surface area contributed by atoms with Gasteiger partial charge in [-0.15, -0.1) is 0 Å². The van der Waals surface area contributed by atoms with Gasteiger partial charge in [0.2, 0.25) is 0 Å². The quantitative estimate of drug-likeness (QED) is 0.382. The largest absolute Gasteiger partial charge is 0.409 e. The van der Waals surface area contributed by atoms with Crippen molar-refractivity contribution in [3.05, 3.63) is 29.6 Å². The predicted molar refractivity (Wildman–Crippen MR) is 75.7 cm³/mol. The maximum atomic E-state index is 13.9. The SMILES string of the molecule is CN(CC1CCCOC1)c1cccc(F)c1C(N)=NO. The summed E-state index contributed by atoms with van der Waals surface area (Å²) in [5, 5.41) is 11.7. The molecule has 110 valence electrons. The van der Waals surface area contributed by atoms with Gasteiger partial charge < -0.3 is 20.6 Å². The molecule has 0 saturated carbocycles. The molecule has 1 heterocycles. The smallest absolute Gasteiger partial charge is 0.175 e. The van der Waals surface area contributed by atoms with Gasteiger partial charge in [0.15, 0.2) is 5.84 Å². The molecule has 1 aliphatic heterocycles. The van der Waals surface area contributed by atoms with Crippen molar-refractivity contribution in [3.8, 4) is 0 Å². The highest BCUT2D eigenvalue weighted by Crippen LogP contribution is 2.24. The summed E-state index contributed by atoms with van der Waals surface area (Å²) in [5.74, 6) is -0.299. The van der Waals surface area contributed by atoms with Gasteiger partial charge in [-0.25, -0.2) is 4.39 Å². The monoisotopic (exact) mass is 281 g/mol. The van der Waals surface area contributed by atoms with E-state index >= 15 is 0 Å². The number of oxime groups is 1. The van der Waals surface area contributed by atoms with Crippen molar-refractivity contribution in [1.82, 2.24) is 0 Å². The molecule has 1 aromatic rings. The van der Waals surface area contributed by atoms with Crippen molar-refractivity contribution in [2.75, 3.05) is 31.7 Å². The molecule has 2 rings (SSSR count). The van der Waals surface area contributed by atoms with Gasteiger partial charge in [-0.05, 0) is 30.9 Å². The fourth-order valence-electron chi connectivity index (χ4n) is 2.57. The number of hydrogen-bond acceptors (Lipinski definition) is 4. The Morgan fingerprint density at radius 3 is 3.05 bits per heavy atom. The highest BCUT2D eigenvalue weighted by Gasteiger charge is 2.20. The average Bonchev–Trinajstić information content (AvgIpc) is 2.47. The minimum absolute atomic E-state index is 0.134. The summed E-state index contributed by atoms with van der Waals surface area (Å²) in [6.45, 7) is 2.28. The van der Waals surface area contributed by atoms with Crippen LogP contribution in [-0.4, -0.2) is 37.8 Å². The normalized spacial score (nSPS) is 19.9. The number of anilines is 1. The third-order valence-electron chi connectivity index (χ3n) is 3.55. The number of benzene rings is 1. The zero-order valence-corrected chi connectivity index (χ0v) is 11.6. The third kappa shape index (κ3) is 3.19. The van der Waals surface area contributed by atoms with Crippen LogP contribution in [0.2, 0.25) is 0 Å². The lowest BCUT2D eigenvalue weighted by Gasteiger charge is -2.29. The van der Waals surface area contributed by atoms with Crippen molar-refractivity contribution < 1.29 is 14.3 Å². The molecule has 3 N–H and O–H groups in total. The number of nitrogens with two attached hydrogens (primary N) is 1. The summed E-state index contributed by atoms with van der Waals surface area (Å²) in [5.41, 5.74) is 6.33. The van der Waals surface area contributed by atoms with Crippen molar-refractivity contribution in [2.24, 2.45) is 16.8 Å². The molecule has 1 fully saturated rings. The van der Waals surface area contributed by atoms with Crippen LogP contribution in [0, 0.1) is 11.7 Å². The van der Waals surface area contributed by atoms with Gasteiger partial charge in [-0.2, -0.15) is 0 Å². The Hall–Kier alpha value is -1.82. The molecule has 1 aliphatic rings. The molecule has 0 radical (unpaired) electrons. The number of ether oxygens (including phenoxy) is 1. The molecule has 1 unspecified atom stereocenters. The van der Waals surface area contributed by atoms with E-state index in [9.17, 15) is 4.39 Å². The molecule has 5 nitrogen and oxygen atoms in total. The summed E-state index contributed by atoms with van der Waals surface area (Å²) in [6.07, 6.45) is 2.15. The Morgan fingerprint density at radius 2 is 2.40 bits per heavy atom. The topological polar surface area (TPSA) is 71.1 Å². The van der Waals surface area contributed by atoms with Crippen molar-refractivity contribution in [2.45, 2.75) is 12.8 Å². The first kappa shape index (κ1) is 14.6. The fraction of sp³-hybridized carbons (Fsp3) is 0.500. The van der Waals surface area contributed by atoms with E-state index in [0.29, 0.717) is 11.6 Å². The van der Waals surface area contributed by atoms with Crippen LogP contribution in [0.1, 0.15) is 18.4 Å². The molecule has 0 spiro atoms. The van der Waals surface area contributed by atoms with E-state index in [1.807, 2.05) is 11.9 Å². The Morgan fingerprint density at radius 1 is 1.60 bits per heavy atom. The Kier molecular flexibility index (Phi) is 4.79. The first-order valence-corrected chi connectivity index (χ1v) is 6.68. The highest BCUT2D eigenvalue weighted by atomic mass is 19.1. The van der Waals surface area contributed by atoms with Gasteiger partial charge in [0.25, 0.3) is 0 Å². The zero-order valence-electron chi connectivity index (χ0n) is 11.6. The lowest BCUT2D eigenvalue weighted by molar-refractivity contribution is 0.0576. The fourth-order valence-corrected chi connectivity index (χ4v) is 2.57. The van der Waals surface area contributed by atoms with Crippen LogP contribution in [0.25, 0.3) is 0 Å². The number of rotatable bonds is 4. The molecule has 0 amide bonds. The Balaban J connectivity index is 2.20. The molecular weight excluding hydrogens is 261 g/mol. The van der Waals surface area contributed by atoms with Crippen molar-refractivity contribution in [1.29, 1.82) is 0 Å². The van der Waals surface area contributed by atoms with Gasteiger partial charge in [-0.3, -0.25) is 0 Å². The van der Waals surface area contributed by atoms with E-state index in [2.05, 4.69) is 5.16 Å². The number of halogens is 1. The number of amidine groups is 1. The van der Waals surface area contributed by atoms with E-state index in [-0.39, 0.29) is 11.4 Å². The first-order chi connectivity index (χ1) is 9.63. The third-order valence-corrected chi connectivity index (χ3v) is 3.55. The van der Waals surface area contributed by atoms with Crippen LogP contribution in [0.3, 0.4) is 0 Å². The zero-order chi connectivity index (χ0) is 14.5. The molecule has 1 atom stereocenters. The predicted octanol–water partition coefficient (Wildman–Crippen LogP) is 1.78. The van der Waals surface area contributed by atoms with Crippen molar-refractivity contribution >= 4 is 11.5 Å². The summed E-state index contributed by atoms with van der Waals surface area (Å²) in [7, 11) is 1.87. The standard InChI is InChI=1S/C14H20FN3O2/c1-18(8-10-4-3-7-20-9-10)12-6-2-5-11(15)13(12)14(16)17-19/h2,5-6,10,19H,3-4,7-9H2,1H3,(H2,16,17). The van der Waals surface area contributed by atoms with E-state index in [4.69, 9.17) is 15.7 Å². The maximum Gasteiger partial charge on any atom is 0.175 e. The summed E-state index contributed by atoms with van der Waals surface area (Å²) >= 11 is 0. The molecule has 1 saturated heterocycles. The minimum atomic E-state index is -0.496. The van der Waals surface area contributed by atoms with E-state index in [1.165, 1.54) is 6.07 Å². The van der Waals surface area contributed by atoms with E-state index in [1.54, 1.807) is 12.1 Å². The van der Waals surface area contributed by atoms with Gasteiger partial charge in [0, 0.05) is 20.2 Å². The van der Waals surface area contributed by atoms with Crippen LogP contribution in [-0.2, 0) is 4.74 Å². The highest BCUT2D eigenvalue weighted by molar-refractivity contribution is 6.02. The van der Waals surface area contributed by atoms with Crippen LogP contribution in [0.5, 0.6) is 0 Å². The molecule has 0 bridgehead atoms. The van der Waals surface area contributed by atoms with Crippen LogP contribution in [0.15, 0.2) is 23.4 Å². The average molecular weight is 281 g/mol. The lowest BCUT2D eigenvalue weighted by atomic mass is 10.0. The molecule has 0 aromatic heterocycles. The second-order valence-electron chi connectivity index (χ2n) is 5.08. The first-order valence-electron chi connectivity index (χ1n) is 6.68. The number of nitrogens with zero attached hydrogens (tertiary/aromatic N) is 2. The molecule has 0 aliphatic carbocycles. The molecule has 1 aromatic carbocycles. The van der Waals surface area contributed by atoms with Crippen LogP contribution >= 0.6 is 0 Å². The number of hydrogen-bond donors (Lipinski definition) is 2.